The Balaban J connectivity index is 1.40. The molecule has 2 saturated heterocycles. The summed E-state index contributed by atoms with van der Waals surface area (Å²) in [4.78, 5) is 24.3. The second-order valence-electron chi connectivity index (χ2n) is 6.64. The Morgan fingerprint density at radius 1 is 1.28 bits per heavy atom. The maximum absolute atomic E-state index is 13.8. The number of carbonyl (C=O) groups excluding carboxylic acids is 2. The van der Waals surface area contributed by atoms with E-state index in [1.807, 2.05) is 0 Å². The maximum Gasteiger partial charge on any atom is 0.475 e. The molecule has 3 heterocycles. The molecule has 0 bridgehead atoms. The average molecular weight is 450 g/mol. The number of hydrogen-bond acceptors (Lipinski definition) is 7. The first-order valence-corrected chi connectivity index (χ1v) is 10.5. The van der Waals surface area contributed by atoms with Crippen LogP contribution >= 0.6 is 19.4 Å². The molecule has 0 aliphatic carbocycles. The van der Waals surface area contributed by atoms with Crippen molar-refractivity contribution in [2.75, 3.05) is 6.61 Å². The molecule has 1 unspecified atom stereocenters. The van der Waals surface area contributed by atoms with Gasteiger partial charge in [-0.05, 0) is 12.1 Å². The molecule has 4 atom stereocenters. The molecule has 29 heavy (non-hydrogen) atoms. The summed E-state index contributed by atoms with van der Waals surface area (Å²) in [5.41, 5.74) is 0.115. The predicted octanol–water partition coefficient (Wildman–Crippen LogP) is 3.25. The lowest BCUT2D eigenvalue weighted by Gasteiger charge is -2.30. The summed E-state index contributed by atoms with van der Waals surface area (Å²) < 4.78 is 61.5. The van der Waals surface area contributed by atoms with Gasteiger partial charge in [-0.25, -0.2) is 13.3 Å². The highest BCUT2D eigenvalue weighted by molar-refractivity contribution is 7.48. The van der Waals surface area contributed by atoms with Gasteiger partial charge in [0.15, 0.2) is 5.83 Å². The van der Waals surface area contributed by atoms with Crippen molar-refractivity contribution in [1.29, 1.82) is 0 Å². The summed E-state index contributed by atoms with van der Waals surface area (Å²) in [7, 11) is -4.01. The Morgan fingerprint density at radius 3 is 2.83 bits per heavy atom. The van der Waals surface area contributed by atoms with Crippen LogP contribution in [0, 0.1) is 5.82 Å². The summed E-state index contributed by atoms with van der Waals surface area (Å²) in [6.45, 7) is -0.530. The number of phosphoric ester groups is 1. The Labute approximate surface area is 168 Å². The number of ether oxygens (including phenoxy) is 1. The molecule has 1 aromatic rings. The van der Waals surface area contributed by atoms with Gasteiger partial charge in [0.1, 0.15) is 24.3 Å². The molecule has 0 saturated carbocycles. The Bertz CT molecular complexity index is 942. The van der Waals surface area contributed by atoms with E-state index in [0.717, 1.165) is 17.2 Å². The zero-order valence-electron chi connectivity index (χ0n) is 14.8. The van der Waals surface area contributed by atoms with Gasteiger partial charge in [-0.15, -0.1) is 0 Å². The van der Waals surface area contributed by atoms with Crippen molar-refractivity contribution < 1.29 is 41.2 Å². The number of amides is 1. The van der Waals surface area contributed by atoms with Gasteiger partial charge >= 0.3 is 7.82 Å². The molecular formula is C17H15ClF2NO7P. The van der Waals surface area contributed by atoms with Crippen molar-refractivity contribution in [3.8, 4) is 0 Å². The first-order chi connectivity index (χ1) is 13.7. The van der Waals surface area contributed by atoms with Crippen LogP contribution in [0.4, 0.5) is 8.78 Å². The second kappa shape index (κ2) is 7.86. The van der Waals surface area contributed by atoms with Crippen molar-refractivity contribution in [3.05, 3.63) is 46.6 Å². The number of hydrogen-bond donors (Lipinski definition) is 0. The summed E-state index contributed by atoms with van der Waals surface area (Å²) >= 11 is 5.69. The van der Waals surface area contributed by atoms with Crippen LogP contribution in [0.3, 0.4) is 0 Å². The molecule has 8 nitrogen and oxygen atoms in total. The molecule has 0 radical (unpaired) electrons. The Kier molecular flexibility index (Phi) is 5.58. The van der Waals surface area contributed by atoms with E-state index in [4.69, 9.17) is 29.9 Å². The molecular weight excluding hydrogens is 435 g/mol. The van der Waals surface area contributed by atoms with Gasteiger partial charge in [-0.2, -0.15) is 0 Å². The maximum atomic E-state index is 13.8. The predicted molar refractivity (Wildman–Crippen MR) is 93.6 cm³/mol. The quantitative estimate of drug-likeness (QED) is 0.514. The lowest BCUT2D eigenvalue weighted by Crippen LogP contribution is -2.40. The van der Waals surface area contributed by atoms with Gasteiger partial charge in [-0.1, -0.05) is 17.7 Å². The van der Waals surface area contributed by atoms with E-state index >= 15 is 0 Å². The number of ketones is 1. The molecule has 156 valence electrons. The summed E-state index contributed by atoms with van der Waals surface area (Å²) in [6, 6.07) is 3.94. The van der Waals surface area contributed by atoms with Crippen molar-refractivity contribution in [1.82, 2.24) is 4.90 Å². The van der Waals surface area contributed by atoms with Gasteiger partial charge in [0, 0.05) is 23.2 Å². The molecule has 0 aromatic heterocycles. The van der Waals surface area contributed by atoms with Gasteiger partial charge in [0.2, 0.25) is 11.7 Å². The van der Waals surface area contributed by atoms with E-state index in [9.17, 15) is 22.9 Å². The third-order valence-corrected chi connectivity index (χ3v) is 6.34. The second-order valence-corrected chi connectivity index (χ2v) is 8.70. The Morgan fingerprint density at radius 2 is 2.07 bits per heavy atom. The van der Waals surface area contributed by atoms with E-state index in [1.54, 1.807) is 0 Å². The van der Waals surface area contributed by atoms with Crippen LogP contribution in [-0.4, -0.2) is 41.6 Å². The average Bonchev–Trinajstić information content (AvgIpc) is 3.06. The molecule has 0 N–H and O–H groups in total. The van der Waals surface area contributed by atoms with Crippen molar-refractivity contribution in [2.45, 2.75) is 37.9 Å². The molecule has 3 aliphatic rings. The van der Waals surface area contributed by atoms with Gasteiger partial charge in [0.25, 0.3) is 0 Å². The fraction of sp³-hybridized carbons (Fsp3) is 0.412. The number of Topliss-reactive ketones (excluding diaryl/α,β-unsaturated/α-hetero) is 1. The molecule has 3 aliphatic heterocycles. The number of carbonyl (C=O) groups is 2. The molecule has 2 fully saturated rings. The molecule has 0 spiro atoms. The zero-order valence-corrected chi connectivity index (χ0v) is 16.4. The standard InChI is InChI=1S/C17H15ClF2NO7P/c18-10-2-1-9(11(19)3-10)7-25-29(24)26-8-15-14(28-29)5-17(27-15)21-6-12(20)13(22)4-16(21)23/h1-3,6,14-15,17H,4-5,7-8H2/t14-,15+,17+,29?/m0/s1. The minimum atomic E-state index is -4.01. The monoisotopic (exact) mass is 449 g/mol. The lowest BCUT2D eigenvalue weighted by molar-refractivity contribution is -0.146. The van der Waals surface area contributed by atoms with Crippen molar-refractivity contribution in [3.63, 3.8) is 0 Å². The SMILES string of the molecule is O=C1CC(=O)N([C@H]2C[C@@H]3OP(=O)(OCc4ccc(Cl)cc4F)OC[C@H]3O2)C=C1F. The number of halogens is 3. The fourth-order valence-electron chi connectivity index (χ4n) is 3.17. The van der Waals surface area contributed by atoms with Gasteiger partial charge < -0.3 is 4.74 Å². The van der Waals surface area contributed by atoms with Crippen molar-refractivity contribution in [2.24, 2.45) is 0 Å². The summed E-state index contributed by atoms with van der Waals surface area (Å²) in [5.74, 6) is -3.18. The van der Waals surface area contributed by atoms with Crippen LogP contribution in [0.15, 0.2) is 30.2 Å². The van der Waals surface area contributed by atoms with Gasteiger partial charge in [0.05, 0.1) is 19.6 Å². The van der Waals surface area contributed by atoms with Crippen LogP contribution in [0.2, 0.25) is 5.02 Å². The largest absolute Gasteiger partial charge is 0.475 e. The Hall–Kier alpha value is -1.68. The number of benzene rings is 1. The molecule has 12 heteroatoms. The number of allylic oxidation sites excluding steroid dienone is 1. The highest BCUT2D eigenvalue weighted by Gasteiger charge is 2.49. The zero-order chi connectivity index (χ0) is 20.8. The van der Waals surface area contributed by atoms with Crippen LogP contribution < -0.4 is 0 Å². The first-order valence-electron chi connectivity index (χ1n) is 8.63. The summed E-state index contributed by atoms with van der Waals surface area (Å²) in [5, 5.41) is 0.208. The van der Waals surface area contributed by atoms with Crippen LogP contribution in [-0.2, 0) is 39.1 Å². The third-order valence-electron chi connectivity index (χ3n) is 4.66. The van der Waals surface area contributed by atoms with E-state index < -0.39 is 56.0 Å². The minimum absolute atomic E-state index is 0.0698. The van der Waals surface area contributed by atoms with Crippen LogP contribution in [0.25, 0.3) is 0 Å². The van der Waals surface area contributed by atoms with Crippen molar-refractivity contribution >= 4 is 31.1 Å². The highest BCUT2D eigenvalue weighted by atomic mass is 35.5. The van der Waals surface area contributed by atoms with E-state index in [2.05, 4.69) is 0 Å². The van der Waals surface area contributed by atoms with Gasteiger partial charge in [-0.3, -0.25) is 28.1 Å². The number of nitrogens with zero attached hydrogens (tertiary/aromatic N) is 1. The molecule has 4 rings (SSSR count). The topological polar surface area (TPSA) is 91.4 Å². The number of phosphoric acid groups is 1. The first kappa shape index (κ1) is 20.6. The van der Waals surface area contributed by atoms with Crippen LogP contribution in [0.5, 0.6) is 0 Å². The number of fused-ring (bicyclic) bond motifs is 1. The summed E-state index contributed by atoms with van der Waals surface area (Å²) in [6.07, 6.45) is -2.06. The smallest absolute Gasteiger partial charge is 0.349 e. The lowest BCUT2D eigenvalue weighted by atomic mass is 10.1. The molecule has 1 amide bonds. The number of rotatable bonds is 4. The van der Waals surface area contributed by atoms with E-state index in [0.29, 0.717) is 0 Å². The molecule has 1 aromatic carbocycles. The van der Waals surface area contributed by atoms with E-state index in [-0.39, 0.29) is 30.2 Å². The van der Waals surface area contributed by atoms with E-state index in [1.165, 1.54) is 12.1 Å². The van der Waals surface area contributed by atoms with Crippen LogP contribution in [0.1, 0.15) is 18.4 Å². The normalized spacial score (nSPS) is 32.3. The highest BCUT2D eigenvalue weighted by Crippen LogP contribution is 2.56. The minimum Gasteiger partial charge on any atom is -0.349 e. The fourth-order valence-corrected chi connectivity index (χ4v) is 4.71. The third kappa shape index (κ3) is 4.28.